The van der Waals surface area contributed by atoms with Crippen molar-refractivity contribution in [3.63, 3.8) is 0 Å². The van der Waals surface area contributed by atoms with Crippen molar-refractivity contribution in [2.75, 3.05) is 13.1 Å². The summed E-state index contributed by atoms with van der Waals surface area (Å²) in [5.41, 5.74) is 1.81. The highest BCUT2D eigenvalue weighted by atomic mass is 19.1. The van der Waals surface area contributed by atoms with Gasteiger partial charge in [-0.15, -0.1) is 0 Å². The molecule has 1 unspecified atom stereocenters. The molecule has 1 saturated heterocycles. The molecule has 1 N–H and O–H groups in total. The Balaban J connectivity index is 2.18. The van der Waals surface area contributed by atoms with E-state index in [2.05, 4.69) is 10.3 Å². The van der Waals surface area contributed by atoms with E-state index in [1.807, 2.05) is 6.07 Å². The van der Waals surface area contributed by atoms with Gasteiger partial charge in [-0.3, -0.25) is 0 Å². The second-order valence-corrected chi connectivity index (χ2v) is 3.92. The molecule has 3 heteroatoms. The molecule has 1 aromatic rings. The Morgan fingerprint density at radius 2 is 2.43 bits per heavy atom. The first-order chi connectivity index (χ1) is 6.77. The van der Waals surface area contributed by atoms with Crippen LogP contribution >= 0.6 is 0 Å². The van der Waals surface area contributed by atoms with Crippen LogP contribution in [0.25, 0.3) is 0 Å². The maximum atomic E-state index is 12.9. The highest BCUT2D eigenvalue weighted by Gasteiger charge is 2.16. The number of aromatic nitrogens is 1. The predicted octanol–water partition coefficient (Wildman–Crippen LogP) is 2.00. The number of nitrogens with zero attached hydrogens (tertiary/aromatic N) is 1. The summed E-state index contributed by atoms with van der Waals surface area (Å²) in [5, 5.41) is 3.35. The van der Waals surface area contributed by atoms with E-state index in [4.69, 9.17) is 0 Å². The van der Waals surface area contributed by atoms with Crippen LogP contribution < -0.4 is 5.32 Å². The minimum Gasteiger partial charge on any atom is -0.316 e. The van der Waals surface area contributed by atoms with Crippen molar-refractivity contribution in [2.24, 2.45) is 0 Å². The summed E-state index contributed by atoms with van der Waals surface area (Å²) < 4.78 is 12.9. The molecule has 14 heavy (non-hydrogen) atoms. The van der Waals surface area contributed by atoms with E-state index in [9.17, 15) is 4.39 Å². The highest BCUT2D eigenvalue weighted by Crippen LogP contribution is 2.23. The third kappa shape index (κ3) is 1.93. The average molecular weight is 194 g/mol. The second-order valence-electron chi connectivity index (χ2n) is 3.92. The Hall–Kier alpha value is -0.960. The van der Waals surface area contributed by atoms with Crippen LogP contribution in [0.1, 0.15) is 29.9 Å². The molecule has 1 aliphatic rings. The van der Waals surface area contributed by atoms with Crippen molar-refractivity contribution in [1.29, 1.82) is 0 Å². The van der Waals surface area contributed by atoms with E-state index in [0.717, 1.165) is 18.7 Å². The first-order valence-corrected chi connectivity index (χ1v) is 5.10. The zero-order valence-electron chi connectivity index (χ0n) is 8.39. The Bertz CT molecular complexity index is 319. The van der Waals surface area contributed by atoms with Crippen molar-refractivity contribution in [2.45, 2.75) is 25.7 Å². The Labute approximate surface area is 83.6 Å². The van der Waals surface area contributed by atoms with Gasteiger partial charge in [0.25, 0.3) is 0 Å². The van der Waals surface area contributed by atoms with Crippen LogP contribution in [0.4, 0.5) is 4.39 Å². The van der Waals surface area contributed by atoms with Crippen molar-refractivity contribution in [3.8, 4) is 0 Å². The van der Waals surface area contributed by atoms with Crippen molar-refractivity contribution >= 4 is 0 Å². The largest absolute Gasteiger partial charge is 0.316 e. The zero-order chi connectivity index (χ0) is 9.97. The SMILES string of the molecule is Cc1cc(C2CCCNC2)cnc1F. The number of pyridine rings is 1. The molecule has 0 spiro atoms. The lowest BCUT2D eigenvalue weighted by molar-refractivity contribution is 0.458. The van der Waals surface area contributed by atoms with E-state index in [0.29, 0.717) is 11.5 Å². The van der Waals surface area contributed by atoms with Crippen LogP contribution in [-0.4, -0.2) is 18.1 Å². The van der Waals surface area contributed by atoms with Gasteiger partial charge in [0.1, 0.15) is 0 Å². The van der Waals surface area contributed by atoms with E-state index >= 15 is 0 Å². The lowest BCUT2D eigenvalue weighted by Crippen LogP contribution is -2.28. The number of halogens is 1. The summed E-state index contributed by atoms with van der Waals surface area (Å²) in [6, 6.07) is 1.92. The molecular formula is C11H15FN2. The molecule has 0 radical (unpaired) electrons. The van der Waals surface area contributed by atoms with Crippen LogP contribution in [0.15, 0.2) is 12.3 Å². The van der Waals surface area contributed by atoms with Gasteiger partial charge in [0.15, 0.2) is 0 Å². The fraction of sp³-hybridized carbons (Fsp3) is 0.545. The quantitative estimate of drug-likeness (QED) is 0.692. The van der Waals surface area contributed by atoms with E-state index in [1.54, 1.807) is 13.1 Å². The van der Waals surface area contributed by atoms with Gasteiger partial charge >= 0.3 is 0 Å². The van der Waals surface area contributed by atoms with E-state index < -0.39 is 0 Å². The van der Waals surface area contributed by atoms with Crippen molar-refractivity contribution in [1.82, 2.24) is 10.3 Å². The first kappa shape index (κ1) is 9.59. The third-order valence-corrected chi connectivity index (χ3v) is 2.80. The number of hydrogen-bond acceptors (Lipinski definition) is 2. The number of aryl methyl sites for hydroxylation is 1. The number of piperidine rings is 1. The second kappa shape index (κ2) is 4.05. The molecule has 1 fully saturated rings. The summed E-state index contributed by atoms with van der Waals surface area (Å²) >= 11 is 0. The van der Waals surface area contributed by atoms with Gasteiger partial charge in [-0.05, 0) is 43.9 Å². The molecule has 2 nitrogen and oxygen atoms in total. The van der Waals surface area contributed by atoms with Gasteiger partial charge in [0, 0.05) is 18.3 Å². The van der Waals surface area contributed by atoms with Gasteiger partial charge in [-0.1, -0.05) is 0 Å². The molecule has 2 heterocycles. The normalized spacial score (nSPS) is 22.3. The molecule has 0 bridgehead atoms. The molecule has 2 rings (SSSR count). The maximum Gasteiger partial charge on any atom is 0.215 e. The minimum absolute atomic E-state index is 0.350. The van der Waals surface area contributed by atoms with Crippen molar-refractivity contribution in [3.05, 3.63) is 29.3 Å². The van der Waals surface area contributed by atoms with Crippen LogP contribution in [0.3, 0.4) is 0 Å². The van der Waals surface area contributed by atoms with Crippen LogP contribution in [0.2, 0.25) is 0 Å². The molecule has 1 aromatic heterocycles. The van der Waals surface area contributed by atoms with E-state index in [1.165, 1.54) is 12.8 Å². The van der Waals surface area contributed by atoms with Crippen LogP contribution in [0.5, 0.6) is 0 Å². The molecule has 0 saturated carbocycles. The summed E-state index contributed by atoms with van der Waals surface area (Å²) in [4.78, 5) is 3.76. The number of nitrogens with one attached hydrogen (secondary N) is 1. The lowest BCUT2D eigenvalue weighted by atomic mass is 9.92. The fourth-order valence-corrected chi connectivity index (χ4v) is 1.94. The van der Waals surface area contributed by atoms with Gasteiger partial charge in [0.05, 0.1) is 0 Å². The predicted molar refractivity (Wildman–Crippen MR) is 53.8 cm³/mol. The first-order valence-electron chi connectivity index (χ1n) is 5.10. The Morgan fingerprint density at radius 1 is 1.57 bits per heavy atom. The molecule has 0 amide bonds. The van der Waals surface area contributed by atoms with E-state index in [-0.39, 0.29) is 5.95 Å². The molecule has 1 atom stereocenters. The van der Waals surface area contributed by atoms with Gasteiger partial charge < -0.3 is 5.32 Å². The molecule has 1 aliphatic heterocycles. The van der Waals surface area contributed by atoms with Crippen molar-refractivity contribution < 1.29 is 4.39 Å². The Morgan fingerprint density at radius 3 is 3.07 bits per heavy atom. The summed E-state index contributed by atoms with van der Waals surface area (Å²) in [6.45, 7) is 3.86. The molecule has 0 aromatic carbocycles. The summed E-state index contributed by atoms with van der Waals surface area (Å²) in [7, 11) is 0. The van der Waals surface area contributed by atoms with Gasteiger partial charge in [-0.25, -0.2) is 4.98 Å². The lowest BCUT2D eigenvalue weighted by Gasteiger charge is -2.22. The van der Waals surface area contributed by atoms with Crippen LogP contribution in [-0.2, 0) is 0 Å². The number of rotatable bonds is 1. The standard InChI is InChI=1S/C11H15FN2/c1-8-5-10(7-14-11(8)12)9-3-2-4-13-6-9/h5,7,9,13H,2-4,6H2,1H3. The average Bonchev–Trinajstić information content (AvgIpc) is 2.23. The monoisotopic (exact) mass is 194 g/mol. The topological polar surface area (TPSA) is 24.9 Å². The zero-order valence-corrected chi connectivity index (χ0v) is 8.39. The Kier molecular flexibility index (Phi) is 2.77. The summed E-state index contributed by atoms with van der Waals surface area (Å²) in [5.74, 6) is 0.160. The highest BCUT2D eigenvalue weighted by molar-refractivity contribution is 5.22. The number of hydrogen-bond donors (Lipinski definition) is 1. The minimum atomic E-state index is -0.350. The molecule has 76 valence electrons. The fourth-order valence-electron chi connectivity index (χ4n) is 1.94. The van der Waals surface area contributed by atoms with Crippen LogP contribution in [0, 0.1) is 12.9 Å². The smallest absolute Gasteiger partial charge is 0.215 e. The third-order valence-electron chi connectivity index (χ3n) is 2.80. The molecular weight excluding hydrogens is 179 g/mol. The molecule has 0 aliphatic carbocycles. The summed E-state index contributed by atoms with van der Waals surface area (Å²) in [6.07, 6.45) is 4.04. The van der Waals surface area contributed by atoms with Gasteiger partial charge in [-0.2, -0.15) is 4.39 Å². The maximum absolute atomic E-state index is 12.9. The van der Waals surface area contributed by atoms with Gasteiger partial charge in [0.2, 0.25) is 5.95 Å².